The van der Waals surface area contributed by atoms with Crippen molar-refractivity contribution < 1.29 is 18.8 Å². The molecular weight excluding hydrogens is 446 g/mol. The van der Waals surface area contributed by atoms with E-state index in [0.717, 1.165) is 5.56 Å². The van der Waals surface area contributed by atoms with Crippen LogP contribution in [0.1, 0.15) is 34.1 Å². The van der Waals surface area contributed by atoms with Crippen LogP contribution in [-0.4, -0.2) is 77.0 Å². The van der Waals surface area contributed by atoms with Crippen molar-refractivity contribution in [2.75, 3.05) is 40.3 Å². The highest BCUT2D eigenvalue weighted by Crippen LogP contribution is 2.20. The lowest BCUT2D eigenvalue weighted by molar-refractivity contribution is -0.130. The Morgan fingerprint density at radius 3 is 2.49 bits per heavy atom. The molecule has 0 saturated carbocycles. The highest BCUT2D eigenvalue weighted by Gasteiger charge is 2.25. The second kappa shape index (κ2) is 11.6. The van der Waals surface area contributed by atoms with E-state index in [-0.39, 0.29) is 11.8 Å². The van der Waals surface area contributed by atoms with E-state index >= 15 is 0 Å². The maximum Gasteiger partial charge on any atom is 0.257 e. The molecule has 2 amide bonds. The Kier molecular flexibility index (Phi) is 8.10. The molecule has 0 unspecified atom stereocenters. The van der Waals surface area contributed by atoms with Crippen molar-refractivity contribution in [2.45, 2.75) is 25.9 Å². The van der Waals surface area contributed by atoms with Gasteiger partial charge < -0.3 is 19.1 Å². The maximum atomic E-state index is 12.9. The molecule has 0 aliphatic carbocycles. The summed E-state index contributed by atoms with van der Waals surface area (Å²) in [5.74, 6) is 1.65. The largest absolute Gasteiger partial charge is 0.496 e. The van der Waals surface area contributed by atoms with E-state index in [1.165, 1.54) is 0 Å². The van der Waals surface area contributed by atoms with Gasteiger partial charge in [-0.15, -0.1) is 0 Å². The van der Waals surface area contributed by atoms with E-state index in [1.807, 2.05) is 47.4 Å². The summed E-state index contributed by atoms with van der Waals surface area (Å²) >= 11 is 0. The molecule has 2 heterocycles. The molecule has 9 heteroatoms. The topological polar surface area (TPSA) is 92.0 Å². The van der Waals surface area contributed by atoms with Crippen LogP contribution in [0.5, 0.6) is 5.75 Å². The zero-order valence-electron chi connectivity index (χ0n) is 20.2. The lowest BCUT2D eigenvalue weighted by atomic mass is 10.1. The zero-order valence-corrected chi connectivity index (χ0v) is 20.2. The number of hydrogen-bond acceptors (Lipinski definition) is 7. The molecule has 184 valence electrons. The SMILES string of the molecule is COc1ccccc1C(=O)N1CCN(Cc2noc(CCC(=O)N(C)Cc3ccccc3)n2)CC1. The van der Waals surface area contributed by atoms with Crippen LogP contribution in [0.2, 0.25) is 0 Å². The molecule has 0 bridgehead atoms. The van der Waals surface area contributed by atoms with Crippen LogP contribution in [-0.2, 0) is 24.3 Å². The fraction of sp³-hybridized carbons (Fsp3) is 0.385. The van der Waals surface area contributed by atoms with Gasteiger partial charge in [-0.3, -0.25) is 14.5 Å². The number of aryl methyl sites for hydroxylation is 1. The zero-order chi connectivity index (χ0) is 24.6. The van der Waals surface area contributed by atoms with Crippen LogP contribution in [0.15, 0.2) is 59.1 Å². The summed E-state index contributed by atoms with van der Waals surface area (Å²) in [5, 5.41) is 4.08. The highest BCUT2D eigenvalue weighted by molar-refractivity contribution is 5.97. The normalized spacial score (nSPS) is 14.1. The summed E-state index contributed by atoms with van der Waals surface area (Å²) < 4.78 is 10.7. The number of carbonyl (C=O) groups excluding carboxylic acids is 2. The molecule has 4 rings (SSSR count). The van der Waals surface area contributed by atoms with Crippen LogP contribution in [0, 0.1) is 0 Å². The number of para-hydroxylation sites is 1. The van der Waals surface area contributed by atoms with Gasteiger partial charge >= 0.3 is 0 Å². The van der Waals surface area contributed by atoms with Crippen molar-refractivity contribution in [1.29, 1.82) is 0 Å². The molecule has 35 heavy (non-hydrogen) atoms. The monoisotopic (exact) mass is 477 g/mol. The number of nitrogens with zero attached hydrogens (tertiary/aromatic N) is 5. The molecule has 0 radical (unpaired) electrons. The van der Waals surface area contributed by atoms with Crippen LogP contribution < -0.4 is 4.74 Å². The molecular formula is C26H31N5O4. The Morgan fingerprint density at radius 1 is 1.03 bits per heavy atom. The predicted molar refractivity (Wildman–Crippen MR) is 130 cm³/mol. The minimum Gasteiger partial charge on any atom is -0.496 e. The average molecular weight is 478 g/mol. The summed E-state index contributed by atoms with van der Waals surface area (Å²) in [6, 6.07) is 17.2. The van der Waals surface area contributed by atoms with Crippen LogP contribution in [0.25, 0.3) is 0 Å². The first-order chi connectivity index (χ1) is 17.0. The predicted octanol–water partition coefficient (Wildman–Crippen LogP) is 2.63. The van der Waals surface area contributed by atoms with Gasteiger partial charge in [0.15, 0.2) is 5.82 Å². The Morgan fingerprint density at radius 2 is 1.74 bits per heavy atom. The quantitative estimate of drug-likeness (QED) is 0.468. The molecule has 1 fully saturated rings. The van der Waals surface area contributed by atoms with Crippen molar-refractivity contribution in [3.8, 4) is 5.75 Å². The van der Waals surface area contributed by atoms with Gasteiger partial charge in [0.05, 0.1) is 19.2 Å². The fourth-order valence-corrected chi connectivity index (χ4v) is 4.11. The van der Waals surface area contributed by atoms with E-state index < -0.39 is 0 Å². The highest BCUT2D eigenvalue weighted by atomic mass is 16.5. The summed E-state index contributed by atoms with van der Waals surface area (Å²) in [6.07, 6.45) is 0.723. The van der Waals surface area contributed by atoms with Crippen molar-refractivity contribution in [3.63, 3.8) is 0 Å². The molecule has 3 aromatic rings. The minimum absolute atomic E-state index is 0.0224. The molecule has 9 nitrogen and oxygen atoms in total. The van der Waals surface area contributed by atoms with E-state index in [1.54, 1.807) is 31.2 Å². The second-order valence-electron chi connectivity index (χ2n) is 8.61. The van der Waals surface area contributed by atoms with Gasteiger partial charge in [0, 0.05) is 52.6 Å². The Hall–Kier alpha value is -3.72. The molecule has 1 aliphatic rings. The third kappa shape index (κ3) is 6.45. The second-order valence-corrected chi connectivity index (χ2v) is 8.61. The number of amides is 2. The van der Waals surface area contributed by atoms with Crippen molar-refractivity contribution in [3.05, 3.63) is 77.4 Å². The first-order valence-corrected chi connectivity index (χ1v) is 11.8. The van der Waals surface area contributed by atoms with Gasteiger partial charge in [-0.05, 0) is 17.7 Å². The van der Waals surface area contributed by atoms with Gasteiger partial charge in [0.1, 0.15) is 5.75 Å². The molecule has 0 atom stereocenters. The number of rotatable bonds is 9. The third-order valence-corrected chi connectivity index (χ3v) is 6.11. The molecule has 1 aromatic heterocycles. The van der Waals surface area contributed by atoms with Crippen molar-refractivity contribution >= 4 is 11.8 Å². The summed E-state index contributed by atoms with van der Waals surface area (Å²) in [6.45, 7) is 3.77. The van der Waals surface area contributed by atoms with Gasteiger partial charge in [-0.2, -0.15) is 4.98 Å². The summed E-state index contributed by atoms with van der Waals surface area (Å²) in [4.78, 5) is 35.5. The molecule has 0 N–H and O–H groups in total. The third-order valence-electron chi connectivity index (χ3n) is 6.11. The first kappa shape index (κ1) is 24.4. The van der Waals surface area contributed by atoms with Crippen molar-refractivity contribution in [1.82, 2.24) is 24.8 Å². The molecule has 1 saturated heterocycles. The number of ether oxygens (including phenoxy) is 1. The lowest BCUT2D eigenvalue weighted by Gasteiger charge is -2.34. The number of hydrogen-bond donors (Lipinski definition) is 0. The number of aromatic nitrogens is 2. The number of benzene rings is 2. The minimum atomic E-state index is -0.0224. The lowest BCUT2D eigenvalue weighted by Crippen LogP contribution is -2.48. The van der Waals surface area contributed by atoms with E-state index in [0.29, 0.717) is 75.1 Å². The smallest absolute Gasteiger partial charge is 0.257 e. The summed E-state index contributed by atoms with van der Waals surface area (Å²) in [5.41, 5.74) is 1.67. The maximum absolute atomic E-state index is 12.9. The Balaban J connectivity index is 1.22. The Labute approximate surface area is 205 Å². The van der Waals surface area contributed by atoms with Crippen LogP contribution >= 0.6 is 0 Å². The van der Waals surface area contributed by atoms with E-state index in [2.05, 4.69) is 15.0 Å². The van der Waals surface area contributed by atoms with Gasteiger partial charge in [0.2, 0.25) is 11.8 Å². The molecule has 2 aromatic carbocycles. The van der Waals surface area contributed by atoms with Gasteiger partial charge in [0.25, 0.3) is 5.91 Å². The first-order valence-electron chi connectivity index (χ1n) is 11.8. The standard InChI is InChI=1S/C26H31N5O4/c1-29(18-20-8-4-3-5-9-20)25(32)13-12-24-27-23(28-35-24)19-30-14-16-31(17-15-30)26(33)21-10-6-7-11-22(21)34-2/h3-11H,12-19H2,1-2H3. The number of methoxy groups -OCH3 is 1. The van der Waals surface area contributed by atoms with E-state index in [9.17, 15) is 9.59 Å². The van der Waals surface area contributed by atoms with Crippen LogP contribution in [0.4, 0.5) is 0 Å². The number of carbonyl (C=O) groups is 2. The summed E-state index contributed by atoms with van der Waals surface area (Å²) in [7, 11) is 3.37. The number of piperazine rings is 1. The van der Waals surface area contributed by atoms with Gasteiger partial charge in [-0.1, -0.05) is 47.6 Å². The fourth-order valence-electron chi connectivity index (χ4n) is 4.11. The van der Waals surface area contributed by atoms with Gasteiger partial charge in [-0.25, -0.2) is 0 Å². The average Bonchev–Trinajstić information content (AvgIpc) is 3.35. The van der Waals surface area contributed by atoms with Crippen LogP contribution in [0.3, 0.4) is 0 Å². The molecule has 0 spiro atoms. The Bertz CT molecular complexity index is 1130. The molecule has 1 aliphatic heterocycles. The van der Waals surface area contributed by atoms with Crippen molar-refractivity contribution in [2.24, 2.45) is 0 Å². The van der Waals surface area contributed by atoms with E-state index in [4.69, 9.17) is 9.26 Å².